The molecule has 1 fully saturated rings. The summed E-state index contributed by atoms with van der Waals surface area (Å²) >= 11 is 1.83. The third-order valence-corrected chi connectivity index (χ3v) is 4.68. The van der Waals surface area contributed by atoms with Gasteiger partial charge in [0.25, 0.3) is 0 Å². The Bertz CT molecular complexity index is 424. The first-order chi connectivity index (χ1) is 9.10. The molecule has 0 spiro atoms. The highest BCUT2D eigenvalue weighted by atomic mass is 32.1. The standard InChI is InChI=1S/C14H21NO3S/c1-10-3-4-12(19-10)9-15-7-5-11(6-8-15)13(16)14(17)18-2/h3-4,11,13,16H,5-9H2,1-2H3. The van der Waals surface area contributed by atoms with Gasteiger partial charge in [-0.1, -0.05) is 0 Å². The van der Waals surface area contributed by atoms with Crippen molar-refractivity contribution < 1.29 is 14.6 Å². The Morgan fingerprint density at radius 2 is 2.21 bits per heavy atom. The summed E-state index contributed by atoms with van der Waals surface area (Å²) in [5.41, 5.74) is 0. The molecule has 0 saturated carbocycles. The molecule has 0 radical (unpaired) electrons. The minimum Gasteiger partial charge on any atom is -0.467 e. The number of esters is 1. The van der Waals surface area contributed by atoms with E-state index in [0.717, 1.165) is 32.5 Å². The molecule has 1 unspecified atom stereocenters. The lowest BCUT2D eigenvalue weighted by Gasteiger charge is -2.33. The summed E-state index contributed by atoms with van der Waals surface area (Å²) in [5, 5.41) is 9.83. The number of aliphatic hydroxyl groups excluding tert-OH is 1. The van der Waals surface area contributed by atoms with E-state index >= 15 is 0 Å². The molecule has 0 aromatic carbocycles. The first kappa shape index (κ1) is 14.5. The van der Waals surface area contributed by atoms with Crippen molar-refractivity contribution >= 4 is 17.3 Å². The predicted octanol–water partition coefficient (Wildman–Crippen LogP) is 1.80. The smallest absolute Gasteiger partial charge is 0.334 e. The van der Waals surface area contributed by atoms with Crippen LogP contribution in [0.2, 0.25) is 0 Å². The minimum atomic E-state index is -0.962. The van der Waals surface area contributed by atoms with Gasteiger partial charge in [-0.25, -0.2) is 4.79 Å². The number of piperidine rings is 1. The van der Waals surface area contributed by atoms with Gasteiger partial charge in [0.2, 0.25) is 0 Å². The number of thiophene rings is 1. The number of nitrogens with zero attached hydrogens (tertiary/aromatic N) is 1. The maximum atomic E-state index is 11.3. The van der Waals surface area contributed by atoms with E-state index in [9.17, 15) is 9.90 Å². The van der Waals surface area contributed by atoms with Crippen molar-refractivity contribution in [1.82, 2.24) is 4.90 Å². The maximum absolute atomic E-state index is 11.3. The second kappa shape index (κ2) is 6.50. The SMILES string of the molecule is COC(=O)C(O)C1CCN(Cc2ccc(C)s2)CC1. The number of rotatable bonds is 4. The number of hydrogen-bond acceptors (Lipinski definition) is 5. The van der Waals surface area contributed by atoms with Crippen LogP contribution in [0.1, 0.15) is 22.6 Å². The van der Waals surface area contributed by atoms with Gasteiger partial charge >= 0.3 is 5.97 Å². The summed E-state index contributed by atoms with van der Waals surface area (Å²) in [6, 6.07) is 4.32. The van der Waals surface area contributed by atoms with Gasteiger partial charge in [-0.05, 0) is 50.9 Å². The van der Waals surface area contributed by atoms with Crippen molar-refractivity contribution in [3.8, 4) is 0 Å². The van der Waals surface area contributed by atoms with Gasteiger partial charge in [0.05, 0.1) is 7.11 Å². The molecule has 1 aromatic heterocycles. The number of ether oxygens (including phenoxy) is 1. The van der Waals surface area contributed by atoms with Crippen molar-refractivity contribution in [2.75, 3.05) is 20.2 Å². The summed E-state index contributed by atoms with van der Waals surface area (Å²) in [6.45, 7) is 4.94. The van der Waals surface area contributed by atoms with Crippen LogP contribution in [-0.4, -0.2) is 42.3 Å². The van der Waals surface area contributed by atoms with Crippen LogP contribution in [0, 0.1) is 12.8 Å². The van der Waals surface area contributed by atoms with Crippen molar-refractivity contribution in [2.45, 2.75) is 32.4 Å². The lowest BCUT2D eigenvalue weighted by Crippen LogP contribution is -2.40. The summed E-state index contributed by atoms with van der Waals surface area (Å²) in [6.07, 6.45) is 0.734. The highest BCUT2D eigenvalue weighted by Crippen LogP contribution is 2.24. The van der Waals surface area contributed by atoms with Gasteiger partial charge in [0.1, 0.15) is 0 Å². The Morgan fingerprint density at radius 1 is 1.53 bits per heavy atom. The molecular formula is C14H21NO3S. The van der Waals surface area contributed by atoms with E-state index in [0.29, 0.717) is 0 Å². The number of likely N-dealkylation sites (tertiary alicyclic amines) is 1. The number of aryl methyl sites for hydroxylation is 1. The van der Waals surface area contributed by atoms with E-state index in [1.54, 1.807) is 0 Å². The lowest BCUT2D eigenvalue weighted by atomic mass is 9.91. The van der Waals surface area contributed by atoms with E-state index in [1.807, 2.05) is 11.3 Å². The molecule has 0 bridgehead atoms. The number of methoxy groups -OCH3 is 1. The van der Waals surface area contributed by atoms with E-state index in [2.05, 4.69) is 28.7 Å². The van der Waals surface area contributed by atoms with Gasteiger partial charge in [-0.2, -0.15) is 0 Å². The maximum Gasteiger partial charge on any atom is 0.334 e. The van der Waals surface area contributed by atoms with E-state index in [1.165, 1.54) is 16.9 Å². The van der Waals surface area contributed by atoms with Crippen LogP contribution in [0.3, 0.4) is 0 Å². The number of aliphatic hydroxyl groups is 1. The highest BCUT2D eigenvalue weighted by Gasteiger charge is 2.30. The molecule has 4 nitrogen and oxygen atoms in total. The number of hydrogen-bond donors (Lipinski definition) is 1. The summed E-state index contributed by atoms with van der Waals surface area (Å²) in [5.74, 6) is -0.471. The Hall–Kier alpha value is -0.910. The molecule has 2 rings (SSSR count). The van der Waals surface area contributed by atoms with Crippen LogP contribution < -0.4 is 0 Å². The lowest BCUT2D eigenvalue weighted by molar-refractivity contribution is -0.154. The van der Waals surface area contributed by atoms with Crippen LogP contribution in [0.4, 0.5) is 0 Å². The molecule has 1 aromatic rings. The predicted molar refractivity (Wildman–Crippen MR) is 75.1 cm³/mol. The van der Waals surface area contributed by atoms with E-state index in [4.69, 9.17) is 0 Å². The Kier molecular flexibility index (Phi) is 4.96. The van der Waals surface area contributed by atoms with Crippen molar-refractivity contribution in [1.29, 1.82) is 0 Å². The second-order valence-electron chi connectivity index (χ2n) is 5.09. The van der Waals surface area contributed by atoms with Crippen LogP contribution in [-0.2, 0) is 16.1 Å². The average Bonchev–Trinajstić information content (AvgIpc) is 2.83. The van der Waals surface area contributed by atoms with Crippen molar-refractivity contribution in [3.05, 3.63) is 21.9 Å². The van der Waals surface area contributed by atoms with Gasteiger partial charge in [0, 0.05) is 16.3 Å². The molecule has 0 amide bonds. The molecule has 5 heteroatoms. The van der Waals surface area contributed by atoms with Crippen LogP contribution in [0.5, 0.6) is 0 Å². The fourth-order valence-corrected chi connectivity index (χ4v) is 3.46. The Morgan fingerprint density at radius 3 is 2.74 bits per heavy atom. The minimum absolute atomic E-state index is 0.0359. The van der Waals surface area contributed by atoms with Gasteiger partial charge in [-0.3, -0.25) is 4.90 Å². The van der Waals surface area contributed by atoms with Crippen LogP contribution in [0.25, 0.3) is 0 Å². The van der Waals surface area contributed by atoms with Gasteiger partial charge < -0.3 is 9.84 Å². The normalized spacial score (nSPS) is 19.3. The molecule has 19 heavy (non-hydrogen) atoms. The zero-order valence-electron chi connectivity index (χ0n) is 11.5. The molecule has 1 aliphatic heterocycles. The highest BCUT2D eigenvalue weighted by molar-refractivity contribution is 7.11. The fraction of sp³-hybridized carbons (Fsp3) is 0.643. The molecule has 1 N–H and O–H groups in total. The summed E-state index contributed by atoms with van der Waals surface area (Å²) in [4.78, 5) is 16.4. The Labute approximate surface area is 118 Å². The average molecular weight is 283 g/mol. The summed E-state index contributed by atoms with van der Waals surface area (Å²) in [7, 11) is 1.32. The van der Waals surface area contributed by atoms with Gasteiger partial charge in [0.15, 0.2) is 6.10 Å². The molecule has 1 aliphatic rings. The zero-order valence-corrected chi connectivity index (χ0v) is 12.3. The second-order valence-corrected chi connectivity index (χ2v) is 6.47. The third-order valence-electron chi connectivity index (χ3n) is 3.70. The van der Waals surface area contributed by atoms with Crippen molar-refractivity contribution in [2.24, 2.45) is 5.92 Å². The molecule has 1 atom stereocenters. The molecule has 1 saturated heterocycles. The molecule has 106 valence electrons. The molecule has 2 heterocycles. The monoisotopic (exact) mass is 283 g/mol. The first-order valence-corrected chi connectivity index (χ1v) is 7.45. The largest absolute Gasteiger partial charge is 0.467 e. The summed E-state index contributed by atoms with van der Waals surface area (Å²) < 4.78 is 4.59. The quantitative estimate of drug-likeness (QED) is 0.856. The topological polar surface area (TPSA) is 49.8 Å². The third kappa shape index (κ3) is 3.78. The van der Waals surface area contributed by atoms with E-state index in [-0.39, 0.29) is 5.92 Å². The number of carbonyl (C=O) groups excluding carboxylic acids is 1. The molecular weight excluding hydrogens is 262 g/mol. The van der Waals surface area contributed by atoms with Gasteiger partial charge in [-0.15, -0.1) is 11.3 Å². The molecule has 0 aliphatic carbocycles. The van der Waals surface area contributed by atoms with E-state index < -0.39 is 12.1 Å². The number of carbonyl (C=O) groups is 1. The van der Waals surface area contributed by atoms with Crippen LogP contribution in [0.15, 0.2) is 12.1 Å². The van der Waals surface area contributed by atoms with Crippen LogP contribution >= 0.6 is 11.3 Å². The Balaban J connectivity index is 1.80. The first-order valence-electron chi connectivity index (χ1n) is 6.63. The fourth-order valence-electron chi connectivity index (χ4n) is 2.53. The van der Waals surface area contributed by atoms with Crippen molar-refractivity contribution in [3.63, 3.8) is 0 Å². The zero-order chi connectivity index (χ0) is 13.8.